The molecule has 0 bridgehead atoms. The van der Waals surface area contributed by atoms with E-state index in [1.807, 2.05) is 0 Å². The lowest BCUT2D eigenvalue weighted by Crippen LogP contribution is -2.19. The van der Waals surface area contributed by atoms with Crippen molar-refractivity contribution in [3.63, 3.8) is 0 Å². The van der Waals surface area contributed by atoms with Gasteiger partial charge in [-0.25, -0.2) is 8.78 Å². The fourth-order valence-corrected chi connectivity index (χ4v) is 1.60. The first-order valence-corrected chi connectivity index (χ1v) is 5.97. The summed E-state index contributed by atoms with van der Waals surface area (Å²) in [4.78, 5) is 0. The predicted octanol–water partition coefficient (Wildman–Crippen LogP) is 2.86. The average molecular weight is 346 g/mol. The molecule has 0 spiro atoms. The Kier molecular flexibility index (Phi) is 4.95. The number of alkyl halides is 1. The Labute approximate surface area is 103 Å². The third-order valence-corrected chi connectivity index (χ3v) is 2.90. The molecular formula is C9H8Br2F2O2. The van der Waals surface area contributed by atoms with E-state index in [0.29, 0.717) is 5.33 Å². The molecule has 0 aliphatic carbocycles. The third-order valence-electron chi connectivity index (χ3n) is 1.56. The summed E-state index contributed by atoms with van der Waals surface area (Å²) >= 11 is 6.01. The summed E-state index contributed by atoms with van der Waals surface area (Å²) in [5, 5.41) is 9.50. The summed E-state index contributed by atoms with van der Waals surface area (Å²) in [6, 6.07) is 1.82. The van der Waals surface area contributed by atoms with Crippen LogP contribution in [0.1, 0.15) is 0 Å². The number of benzene rings is 1. The minimum absolute atomic E-state index is 0.0631. The molecule has 6 heteroatoms. The van der Waals surface area contributed by atoms with Gasteiger partial charge in [0.15, 0.2) is 11.6 Å². The highest BCUT2D eigenvalue weighted by Crippen LogP contribution is 2.29. The van der Waals surface area contributed by atoms with Gasteiger partial charge in [0.1, 0.15) is 12.4 Å². The number of halogens is 4. The van der Waals surface area contributed by atoms with Gasteiger partial charge in [-0.3, -0.25) is 0 Å². The van der Waals surface area contributed by atoms with Crippen molar-refractivity contribution in [2.24, 2.45) is 0 Å². The molecule has 1 N–H and O–H groups in total. The Bertz CT molecular complexity index is 324. The zero-order chi connectivity index (χ0) is 11.4. The summed E-state index contributed by atoms with van der Waals surface area (Å²) in [6.07, 6.45) is -0.735. The maximum Gasteiger partial charge on any atom is 0.169 e. The van der Waals surface area contributed by atoms with E-state index in [1.165, 1.54) is 0 Å². The molecule has 0 saturated heterocycles. The predicted molar refractivity (Wildman–Crippen MR) is 59.4 cm³/mol. The van der Waals surface area contributed by atoms with E-state index in [2.05, 4.69) is 31.9 Å². The number of rotatable bonds is 4. The highest BCUT2D eigenvalue weighted by atomic mass is 79.9. The van der Waals surface area contributed by atoms with Crippen LogP contribution in [0.15, 0.2) is 16.6 Å². The molecule has 2 nitrogen and oxygen atoms in total. The van der Waals surface area contributed by atoms with E-state index in [4.69, 9.17) is 4.74 Å². The Hall–Kier alpha value is -0.200. The number of ether oxygens (including phenoxy) is 1. The van der Waals surface area contributed by atoms with E-state index >= 15 is 0 Å². The van der Waals surface area contributed by atoms with Crippen molar-refractivity contribution in [2.45, 2.75) is 6.10 Å². The van der Waals surface area contributed by atoms with Crippen molar-refractivity contribution in [1.29, 1.82) is 0 Å². The minimum atomic E-state index is -0.802. The molecule has 1 unspecified atom stereocenters. The zero-order valence-corrected chi connectivity index (χ0v) is 10.7. The van der Waals surface area contributed by atoms with Gasteiger partial charge in [0.05, 0.1) is 10.6 Å². The molecule has 0 aromatic heterocycles. The van der Waals surface area contributed by atoms with E-state index in [9.17, 15) is 13.9 Å². The van der Waals surface area contributed by atoms with Gasteiger partial charge in [-0.05, 0) is 22.0 Å². The fourth-order valence-electron chi connectivity index (χ4n) is 0.891. The van der Waals surface area contributed by atoms with Crippen LogP contribution in [0.5, 0.6) is 5.75 Å². The van der Waals surface area contributed by atoms with Crippen LogP contribution < -0.4 is 4.74 Å². The second kappa shape index (κ2) is 5.77. The monoisotopic (exact) mass is 344 g/mol. The van der Waals surface area contributed by atoms with E-state index in [0.717, 1.165) is 12.1 Å². The molecule has 0 fully saturated rings. The molecule has 84 valence electrons. The summed E-state index contributed by atoms with van der Waals surface area (Å²) in [7, 11) is 0. The summed E-state index contributed by atoms with van der Waals surface area (Å²) in [6.45, 7) is -0.0631. The van der Waals surface area contributed by atoms with Crippen molar-refractivity contribution >= 4 is 31.9 Å². The number of aliphatic hydroxyl groups is 1. The smallest absolute Gasteiger partial charge is 0.169 e. The number of hydrogen-bond acceptors (Lipinski definition) is 2. The van der Waals surface area contributed by atoms with Gasteiger partial charge in [0, 0.05) is 11.4 Å². The van der Waals surface area contributed by atoms with Crippen molar-refractivity contribution in [2.75, 3.05) is 11.9 Å². The quantitative estimate of drug-likeness (QED) is 0.850. The topological polar surface area (TPSA) is 29.5 Å². The summed E-state index contributed by atoms with van der Waals surface area (Å²) in [5.41, 5.74) is 0. The van der Waals surface area contributed by atoms with Gasteiger partial charge >= 0.3 is 0 Å². The second-order valence-corrected chi connectivity index (χ2v) is 4.32. The number of aliphatic hydroxyl groups excluding tert-OH is 1. The van der Waals surface area contributed by atoms with Crippen molar-refractivity contribution in [3.8, 4) is 5.75 Å². The summed E-state index contributed by atoms with van der Waals surface area (Å²) in [5.74, 6) is -1.59. The van der Waals surface area contributed by atoms with Crippen LogP contribution in [0.3, 0.4) is 0 Å². The van der Waals surface area contributed by atoms with Gasteiger partial charge in [0.2, 0.25) is 0 Å². The lowest BCUT2D eigenvalue weighted by Gasteiger charge is -2.11. The molecule has 0 amide bonds. The third kappa shape index (κ3) is 3.70. The molecule has 1 aromatic carbocycles. The number of hydrogen-bond donors (Lipinski definition) is 1. The SMILES string of the molecule is OC(CBr)COc1c(F)cc(F)cc1Br. The first-order valence-electron chi connectivity index (χ1n) is 4.06. The first-order chi connectivity index (χ1) is 7.04. The molecule has 1 aromatic rings. The van der Waals surface area contributed by atoms with Crippen molar-refractivity contribution < 1.29 is 18.6 Å². The van der Waals surface area contributed by atoms with Crippen molar-refractivity contribution in [1.82, 2.24) is 0 Å². The average Bonchev–Trinajstić information content (AvgIpc) is 2.15. The Morgan fingerprint density at radius 2 is 2.07 bits per heavy atom. The Morgan fingerprint density at radius 1 is 1.40 bits per heavy atom. The molecule has 1 rings (SSSR count). The highest BCUT2D eigenvalue weighted by molar-refractivity contribution is 9.10. The van der Waals surface area contributed by atoms with Gasteiger partial charge in [0.25, 0.3) is 0 Å². The van der Waals surface area contributed by atoms with Crippen LogP contribution in [0.25, 0.3) is 0 Å². The van der Waals surface area contributed by atoms with Crippen LogP contribution in [0.2, 0.25) is 0 Å². The van der Waals surface area contributed by atoms with Crippen molar-refractivity contribution in [3.05, 3.63) is 28.2 Å². The van der Waals surface area contributed by atoms with Crippen LogP contribution in [-0.2, 0) is 0 Å². The fraction of sp³-hybridized carbons (Fsp3) is 0.333. The summed E-state index contributed by atoms with van der Waals surface area (Å²) < 4.78 is 31.1. The van der Waals surface area contributed by atoms with E-state index in [-0.39, 0.29) is 16.8 Å². The van der Waals surface area contributed by atoms with Gasteiger partial charge in [-0.2, -0.15) is 0 Å². The maximum atomic E-state index is 13.2. The standard InChI is InChI=1S/C9H8Br2F2O2/c10-3-6(14)4-15-9-7(11)1-5(12)2-8(9)13/h1-2,6,14H,3-4H2. The Balaban J connectivity index is 2.77. The van der Waals surface area contributed by atoms with Crippen LogP contribution in [0.4, 0.5) is 8.78 Å². The van der Waals surface area contributed by atoms with E-state index in [1.54, 1.807) is 0 Å². The van der Waals surface area contributed by atoms with Crippen LogP contribution in [0, 0.1) is 11.6 Å². The molecule has 0 radical (unpaired) electrons. The lowest BCUT2D eigenvalue weighted by molar-refractivity contribution is 0.124. The second-order valence-electron chi connectivity index (χ2n) is 2.82. The molecule has 0 aliphatic heterocycles. The zero-order valence-electron chi connectivity index (χ0n) is 7.51. The Morgan fingerprint density at radius 3 is 2.60 bits per heavy atom. The first kappa shape index (κ1) is 12.9. The van der Waals surface area contributed by atoms with Crippen LogP contribution in [-0.4, -0.2) is 23.1 Å². The maximum absolute atomic E-state index is 13.2. The van der Waals surface area contributed by atoms with Gasteiger partial charge < -0.3 is 9.84 Å². The molecular weight excluding hydrogens is 338 g/mol. The van der Waals surface area contributed by atoms with Crippen LogP contribution >= 0.6 is 31.9 Å². The molecule has 0 saturated carbocycles. The normalized spacial score (nSPS) is 12.6. The largest absolute Gasteiger partial charge is 0.487 e. The van der Waals surface area contributed by atoms with Gasteiger partial charge in [-0.15, -0.1) is 0 Å². The molecule has 0 heterocycles. The van der Waals surface area contributed by atoms with Gasteiger partial charge in [-0.1, -0.05) is 15.9 Å². The lowest BCUT2D eigenvalue weighted by atomic mass is 10.3. The van der Waals surface area contributed by atoms with E-state index < -0.39 is 17.7 Å². The molecule has 0 aliphatic rings. The molecule has 1 atom stereocenters. The highest BCUT2D eigenvalue weighted by Gasteiger charge is 2.12. The molecule has 15 heavy (non-hydrogen) atoms. The minimum Gasteiger partial charge on any atom is -0.487 e.